The average molecular weight is 147 g/mol. The van der Waals surface area contributed by atoms with Crippen LogP contribution in [0.5, 0.6) is 0 Å². The lowest BCUT2D eigenvalue weighted by Crippen LogP contribution is -2.12. The van der Waals surface area contributed by atoms with E-state index in [1.165, 1.54) is 0 Å². The van der Waals surface area contributed by atoms with E-state index in [-0.39, 0.29) is 0 Å². The van der Waals surface area contributed by atoms with E-state index in [9.17, 15) is 4.21 Å². The predicted molar refractivity (Wildman–Crippen MR) is 41.6 cm³/mol. The van der Waals surface area contributed by atoms with Crippen molar-refractivity contribution in [3.05, 3.63) is 0 Å². The molecule has 0 aliphatic heterocycles. The molecular formula is C7H15OS+. The third-order valence-corrected chi connectivity index (χ3v) is 2.47. The summed E-state index contributed by atoms with van der Waals surface area (Å²) >= 11 is 0.753. The monoisotopic (exact) mass is 147 g/mol. The van der Waals surface area contributed by atoms with Crippen LogP contribution in [0, 0.1) is 5.92 Å². The van der Waals surface area contributed by atoms with Gasteiger partial charge < -0.3 is 0 Å². The Morgan fingerprint density at radius 1 is 1.44 bits per heavy atom. The van der Waals surface area contributed by atoms with E-state index < -0.39 is 0 Å². The molecule has 54 valence electrons. The normalized spacial score (nSPS) is 13.8. The molecular weight excluding hydrogens is 132 g/mol. The molecule has 0 saturated carbocycles. The standard InChI is InChI=1S/C7H15OS/c1-4-5-7(9-8)6(2)3/h6-7H,4-5H2,1-3H3/q+1. The Morgan fingerprint density at radius 2 is 2.00 bits per heavy atom. The Labute approximate surface area is 61.3 Å². The van der Waals surface area contributed by atoms with Crippen LogP contribution < -0.4 is 0 Å². The lowest BCUT2D eigenvalue weighted by Gasteiger charge is -2.00. The van der Waals surface area contributed by atoms with E-state index in [2.05, 4.69) is 20.8 Å². The summed E-state index contributed by atoms with van der Waals surface area (Å²) in [5.74, 6) is 0.535. The molecule has 0 aromatic rings. The molecule has 2 heteroatoms. The molecule has 0 bridgehead atoms. The molecule has 0 aliphatic carbocycles. The maximum atomic E-state index is 10.4. The van der Waals surface area contributed by atoms with E-state index in [0.29, 0.717) is 11.2 Å². The summed E-state index contributed by atoms with van der Waals surface area (Å²) in [6.45, 7) is 6.32. The first-order chi connectivity index (χ1) is 4.22. The molecule has 0 amide bonds. The highest BCUT2D eigenvalue weighted by Gasteiger charge is 2.23. The second-order valence-electron chi connectivity index (χ2n) is 2.67. The quantitative estimate of drug-likeness (QED) is 0.557. The van der Waals surface area contributed by atoms with E-state index in [4.69, 9.17) is 0 Å². The van der Waals surface area contributed by atoms with E-state index >= 15 is 0 Å². The molecule has 9 heavy (non-hydrogen) atoms. The third kappa shape index (κ3) is 3.57. The van der Waals surface area contributed by atoms with E-state index in [1.807, 2.05) is 0 Å². The van der Waals surface area contributed by atoms with Gasteiger partial charge in [0.25, 0.3) is 0 Å². The van der Waals surface area contributed by atoms with Crippen molar-refractivity contribution in [3.8, 4) is 0 Å². The molecule has 0 aromatic carbocycles. The van der Waals surface area contributed by atoms with Crippen molar-refractivity contribution < 1.29 is 4.21 Å². The summed E-state index contributed by atoms with van der Waals surface area (Å²) in [7, 11) is 0. The smallest absolute Gasteiger partial charge is 0.0652 e. The van der Waals surface area contributed by atoms with E-state index in [1.54, 1.807) is 0 Å². The molecule has 1 unspecified atom stereocenters. The van der Waals surface area contributed by atoms with Crippen LogP contribution in [0.25, 0.3) is 0 Å². The van der Waals surface area contributed by atoms with Crippen molar-refractivity contribution >= 4 is 11.7 Å². The van der Waals surface area contributed by atoms with Crippen LogP contribution in [-0.4, -0.2) is 5.25 Å². The van der Waals surface area contributed by atoms with Crippen molar-refractivity contribution in [2.45, 2.75) is 38.9 Å². The van der Waals surface area contributed by atoms with Gasteiger partial charge >= 0.3 is 11.7 Å². The summed E-state index contributed by atoms with van der Waals surface area (Å²) in [6.07, 6.45) is 2.18. The minimum Gasteiger partial charge on any atom is -0.0652 e. The molecule has 1 atom stereocenters. The average Bonchev–Trinajstić information content (AvgIpc) is 1.82. The molecule has 0 aromatic heterocycles. The Balaban J connectivity index is 3.54. The van der Waals surface area contributed by atoms with Crippen LogP contribution in [0.15, 0.2) is 0 Å². The lowest BCUT2D eigenvalue weighted by molar-refractivity contribution is 0.536. The molecule has 0 spiro atoms. The number of hydrogen-bond donors (Lipinski definition) is 0. The molecule has 0 saturated heterocycles. The summed E-state index contributed by atoms with van der Waals surface area (Å²) in [5.41, 5.74) is 0. The van der Waals surface area contributed by atoms with E-state index in [0.717, 1.165) is 24.5 Å². The largest absolute Gasteiger partial charge is 0.462 e. The fourth-order valence-corrected chi connectivity index (χ4v) is 1.33. The van der Waals surface area contributed by atoms with Gasteiger partial charge in [0.1, 0.15) is 0 Å². The second-order valence-corrected chi connectivity index (χ2v) is 3.47. The Morgan fingerprint density at radius 3 is 2.11 bits per heavy atom. The Bertz CT molecular complexity index is 81.0. The minimum atomic E-state index is 0.329. The van der Waals surface area contributed by atoms with Crippen LogP contribution >= 0.6 is 0 Å². The van der Waals surface area contributed by atoms with Crippen molar-refractivity contribution in [1.29, 1.82) is 0 Å². The zero-order valence-electron chi connectivity index (χ0n) is 6.39. The van der Waals surface area contributed by atoms with Crippen LogP contribution in [-0.2, 0) is 15.9 Å². The van der Waals surface area contributed by atoms with Gasteiger partial charge in [-0.05, 0) is 0 Å². The molecule has 0 fully saturated rings. The fourth-order valence-electron chi connectivity index (χ4n) is 0.777. The van der Waals surface area contributed by atoms with Crippen LogP contribution in [0.4, 0.5) is 0 Å². The van der Waals surface area contributed by atoms with Gasteiger partial charge in [-0.1, -0.05) is 27.2 Å². The zero-order valence-corrected chi connectivity index (χ0v) is 7.20. The van der Waals surface area contributed by atoms with Gasteiger partial charge in [0, 0.05) is 16.5 Å². The molecule has 0 heterocycles. The van der Waals surface area contributed by atoms with Gasteiger partial charge in [0.2, 0.25) is 5.25 Å². The molecule has 1 nitrogen and oxygen atoms in total. The third-order valence-electron chi connectivity index (χ3n) is 1.44. The van der Waals surface area contributed by atoms with Gasteiger partial charge in [0.15, 0.2) is 0 Å². The minimum absolute atomic E-state index is 0.329. The van der Waals surface area contributed by atoms with Crippen molar-refractivity contribution in [1.82, 2.24) is 0 Å². The number of rotatable bonds is 4. The Kier molecular flexibility index (Phi) is 4.87. The number of hydrogen-bond acceptors (Lipinski definition) is 1. The van der Waals surface area contributed by atoms with Crippen LogP contribution in [0.3, 0.4) is 0 Å². The summed E-state index contributed by atoms with van der Waals surface area (Å²) in [5, 5.41) is 0.329. The highest BCUT2D eigenvalue weighted by molar-refractivity contribution is 7.66. The van der Waals surface area contributed by atoms with Gasteiger partial charge in [0.05, 0.1) is 0 Å². The summed E-state index contributed by atoms with van der Waals surface area (Å²) < 4.78 is 10.4. The first-order valence-corrected chi connectivity index (χ1v) is 4.31. The van der Waals surface area contributed by atoms with Crippen LogP contribution in [0.2, 0.25) is 0 Å². The zero-order chi connectivity index (χ0) is 7.28. The van der Waals surface area contributed by atoms with Crippen molar-refractivity contribution in [2.24, 2.45) is 5.92 Å². The maximum absolute atomic E-state index is 10.4. The molecule has 0 rings (SSSR count). The van der Waals surface area contributed by atoms with Gasteiger partial charge in [-0.15, -0.1) is 0 Å². The van der Waals surface area contributed by atoms with Crippen molar-refractivity contribution in [3.63, 3.8) is 0 Å². The molecule has 0 radical (unpaired) electrons. The summed E-state index contributed by atoms with van der Waals surface area (Å²) in [4.78, 5) is 0. The molecule has 0 N–H and O–H groups in total. The van der Waals surface area contributed by atoms with Crippen LogP contribution in [0.1, 0.15) is 33.6 Å². The predicted octanol–water partition coefficient (Wildman–Crippen LogP) is 2.24. The second kappa shape index (κ2) is 4.86. The van der Waals surface area contributed by atoms with Gasteiger partial charge in [-0.3, -0.25) is 0 Å². The first-order valence-electron chi connectivity index (χ1n) is 3.51. The lowest BCUT2D eigenvalue weighted by atomic mass is 10.1. The van der Waals surface area contributed by atoms with Gasteiger partial charge in [-0.2, -0.15) is 0 Å². The first kappa shape index (κ1) is 9.02. The highest BCUT2D eigenvalue weighted by Crippen LogP contribution is 2.09. The maximum Gasteiger partial charge on any atom is 0.462 e. The topological polar surface area (TPSA) is 17.1 Å². The summed E-state index contributed by atoms with van der Waals surface area (Å²) in [6, 6.07) is 0. The molecule has 0 aliphatic rings. The SMILES string of the molecule is CCCC([S+]=O)C(C)C. The fraction of sp³-hybridized carbons (Fsp3) is 1.00. The van der Waals surface area contributed by atoms with Crippen molar-refractivity contribution in [2.75, 3.05) is 0 Å². The highest BCUT2D eigenvalue weighted by atomic mass is 32.1. The van der Waals surface area contributed by atoms with Gasteiger partial charge in [-0.25, -0.2) is 0 Å². The Hall–Kier alpha value is 0.0200.